The summed E-state index contributed by atoms with van der Waals surface area (Å²) >= 11 is 0. The van der Waals surface area contributed by atoms with E-state index in [-0.39, 0.29) is 5.54 Å². The summed E-state index contributed by atoms with van der Waals surface area (Å²) in [6.45, 7) is 6.79. The van der Waals surface area contributed by atoms with Crippen LogP contribution >= 0.6 is 0 Å². The molecule has 0 aromatic carbocycles. The fourth-order valence-electron chi connectivity index (χ4n) is 2.53. The van der Waals surface area contributed by atoms with Crippen LogP contribution in [-0.4, -0.2) is 5.54 Å². The Morgan fingerprint density at radius 3 is 1.90 bits per heavy atom. The van der Waals surface area contributed by atoms with Crippen LogP contribution in [0.2, 0.25) is 0 Å². The Kier molecular flexibility index (Phi) is 2.04. The molecule has 1 rings (SSSR count). The third-order valence-corrected chi connectivity index (χ3v) is 2.43. The van der Waals surface area contributed by atoms with Crippen LogP contribution in [0.5, 0.6) is 0 Å². The molecule has 1 saturated carbocycles. The summed E-state index contributed by atoms with van der Waals surface area (Å²) in [4.78, 5) is 0. The van der Waals surface area contributed by atoms with Crippen molar-refractivity contribution in [3.05, 3.63) is 0 Å². The molecule has 0 amide bonds. The summed E-state index contributed by atoms with van der Waals surface area (Å²) in [5.41, 5.74) is 6.18. The van der Waals surface area contributed by atoms with Gasteiger partial charge in [0.1, 0.15) is 0 Å². The summed E-state index contributed by atoms with van der Waals surface area (Å²) in [5, 5.41) is 0. The maximum Gasteiger partial charge on any atom is 0.0131 e. The molecule has 0 radical (unpaired) electrons. The monoisotopic (exact) mass is 141 g/mol. The number of nitrogens with two attached hydrogens (primary N) is 1. The first kappa shape index (κ1) is 8.06. The Bertz CT molecular complexity index is 106. The second kappa shape index (κ2) is 2.54. The van der Waals surface area contributed by atoms with Gasteiger partial charge in [0, 0.05) is 5.54 Å². The van der Waals surface area contributed by atoms with E-state index in [4.69, 9.17) is 5.73 Å². The average molecular weight is 141 g/mol. The number of hydrogen-bond acceptors (Lipinski definition) is 1. The third kappa shape index (κ3) is 1.98. The van der Waals surface area contributed by atoms with Gasteiger partial charge in [-0.3, -0.25) is 0 Å². The summed E-state index contributed by atoms with van der Waals surface area (Å²) < 4.78 is 0. The van der Waals surface area contributed by atoms with E-state index in [9.17, 15) is 0 Å². The predicted molar refractivity (Wildman–Crippen MR) is 44.8 cm³/mol. The van der Waals surface area contributed by atoms with E-state index in [1.54, 1.807) is 0 Å². The molecule has 1 fully saturated rings. The lowest BCUT2D eigenvalue weighted by Gasteiger charge is -2.37. The third-order valence-electron chi connectivity index (χ3n) is 2.43. The second-order valence-electron chi connectivity index (χ2n) is 4.51. The molecule has 2 N–H and O–H groups in total. The highest BCUT2D eigenvalue weighted by Crippen LogP contribution is 2.33. The zero-order valence-electron chi connectivity index (χ0n) is 7.35. The number of rotatable bonds is 0. The minimum Gasteiger partial charge on any atom is -0.325 e. The Labute approximate surface area is 64.0 Å². The van der Waals surface area contributed by atoms with Crippen molar-refractivity contribution in [2.75, 3.05) is 0 Å². The van der Waals surface area contributed by atoms with E-state index >= 15 is 0 Å². The van der Waals surface area contributed by atoms with Crippen molar-refractivity contribution >= 4 is 0 Å². The van der Waals surface area contributed by atoms with Gasteiger partial charge in [0.25, 0.3) is 0 Å². The lowest BCUT2D eigenvalue weighted by molar-refractivity contribution is 0.198. The molecular weight excluding hydrogens is 122 g/mol. The Morgan fingerprint density at radius 1 is 1.20 bits per heavy atom. The molecule has 1 aliphatic rings. The van der Waals surface area contributed by atoms with Gasteiger partial charge in [-0.15, -0.1) is 0 Å². The predicted octanol–water partition coefficient (Wildman–Crippen LogP) is 2.16. The highest BCUT2D eigenvalue weighted by atomic mass is 14.7. The molecule has 10 heavy (non-hydrogen) atoms. The maximum atomic E-state index is 6.06. The Hall–Kier alpha value is -0.0400. The van der Waals surface area contributed by atoms with Crippen molar-refractivity contribution in [1.82, 2.24) is 0 Å². The smallest absolute Gasteiger partial charge is 0.0131 e. The van der Waals surface area contributed by atoms with Crippen molar-refractivity contribution in [2.24, 2.45) is 17.6 Å². The Balaban J connectivity index is 2.51. The molecule has 1 heteroatoms. The van der Waals surface area contributed by atoms with E-state index in [2.05, 4.69) is 20.8 Å². The molecule has 60 valence electrons. The van der Waals surface area contributed by atoms with Crippen molar-refractivity contribution < 1.29 is 0 Å². The summed E-state index contributed by atoms with van der Waals surface area (Å²) in [6, 6.07) is 0. The molecule has 0 aliphatic heterocycles. The van der Waals surface area contributed by atoms with Crippen molar-refractivity contribution in [3.8, 4) is 0 Å². The summed E-state index contributed by atoms with van der Waals surface area (Å²) in [6.07, 6.45) is 3.78. The minimum absolute atomic E-state index is 0.122. The standard InChI is InChI=1S/C9H19N/c1-7-4-8(2)6-9(3,10)5-7/h7-8H,4-6,10H2,1-3H3/t7-,8?,9?/m1/s1. The molecule has 0 bridgehead atoms. The second-order valence-corrected chi connectivity index (χ2v) is 4.51. The SMILES string of the molecule is CC1C[C@@H](C)CC(C)(N)C1. The van der Waals surface area contributed by atoms with Gasteiger partial charge in [0.15, 0.2) is 0 Å². The van der Waals surface area contributed by atoms with Gasteiger partial charge in [-0.25, -0.2) is 0 Å². The molecule has 0 spiro atoms. The number of hydrogen-bond donors (Lipinski definition) is 1. The fourth-order valence-corrected chi connectivity index (χ4v) is 2.53. The van der Waals surface area contributed by atoms with E-state index in [1.165, 1.54) is 19.3 Å². The molecule has 1 aliphatic carbocycles. The van der Waals surface area contributed by atoms with E-state index in [0.29, 0.717) is 0 Å². The van der Waals surface area contributed by atoms with Gasteiger partial charge in [0.05, 0.1) is 0 Å². The first-order valence-electron chi connectivity index (χ1n) is 4.28. The lowest BCUT2D eigenvalue weighted by atomic mass is 9.73. The minimum atomic E-state index is 0.122. The van der Waals surface area contributed by atoms with E-state index in [0.717, 1.165) is 11.8 Å². The largest absolute Gasteiger partial charge is 0.325 e. The molecule has 0 aromatic rings. The van der Waals surface area contributed by atoms with Crippen LogP contribution in [0.15, 0.2) is 0 Å². The van der Waals surface area contributed by atoms with Crippen molar-refractivity contribution in [2.45, 2.75) is 45.6 Å². The van der Waals surface area contributed by atoms with Crippen LogP contribution in [0, 0.1) is 11.8 Å². The topological polar surface area (TPSA) is 26.0 Å². The summed E-state index contributed by atoms with van der Waals surface area (Å²) in [5.74, 6) is 1.66. The van der Waals surface area contributed by atoms with Gasteiger partial charge < -0.3 is 5.73 Å². The normalized spacial score (nSPS) is 49.2. The highest BCUT2D eigenvalue weighted by Gasteiger charge is 2.29. The first-order chi connectivity index (χ1) is 4.49. The van der Waals surface area contributed by atoms with Crippen molar-refractivity contribution in [1.29, 1.82) is 0 Å². The van der Waals surface area contributed by atoms with Crippen LogP contribution in [0.1, 0.15) is 40.0 Å². The van der Waals surface area contributed by atoms with Crippen molar-refractivity contribution in [3.63, 3.8) is 0 Å². The van der Waals surface area contributed by atoms with Gasteiger partial charge >= 0.3 is 0 Å². The zero-order chi connectivity index (χ0) is 7.78. The van der Waals surface area contributed by atoms with Crippen LogP contribution in [0.3, 0.4) is 0 Å². The lowest BCUT2D eigenvalue weighted by Crippen LogP contribution is -2.43. The van der Waals surface area contributed by atoms with E-state index < -0.39 is 0 Å². The highest BCUT2D eigenvalue weighted by molar-refractivity contribution is 4.87. The van der Waals surface area contributed by atoms with Crippen LogP contribution in [0.25, 0.3) is 0 Å². The van der Waals surface area contributed by atoms with Crippen LogP contribution in [0.4, 0.5) is 0 Å². The molecule has 0 saturated heterocycles. The maximum absolute atomic E-state index is 6.06. The fraction of sp³-hybridized carbons (Fsp3) is 1.00. The zero-order valence-corrected chi connectivity index (χ0v) is 7.35. The Morgan fingerprint density at radius 2 is 1.60 bits per heavy atom. The molecule has 1 nitrogen and oxygen atoms in total. The molecule has 0 aromatic heterocycles. The average Bonchev–Trinajstić information content (AvgIpc) is 1.54. The van der Waals surface area contributed by atoms with Gasteiger partial charge in [-0.1, -0.05) is 13.8 Å². The molecule has 2 unspecified atom stereocenters. The summed E-state index contributed by atoms with van der Waals surface area (Å²) in [7, 11) is 0. The van der Waals surface area contributed by atoms with Crippen LogP contribution < -0.4 is 5.73 Å². The molecule has 3 atom stereocenters. The van der Waals surface area contributed by atoms with Gasteiger partial charge in [-0.05, 0) is 38.0 Å². The molecule has 0 heterocycles. The van der Waals surface area contributed by atoms with Gasteiger partial charge in [-0.2, -0.15) is 0 Å². The first-order valence-corrected chi connectivity index (χ1v) is 4.28. The quantitative estimate of drug-likeness (QED) is 0.549. The van der Waals surface area contributed by atoms with E-state index in [1.807, 2.05) is 0 Å². The van der Waals surface area contributed by atoms with Crippen LogP contribution in [-0.2, 0) is 0 Å². The van der Waals surface area contributed by atoms with Gasteiger partial charge in [0.2, 0.25) is 0 Å². The molecular formula is C9H19N.